The maximum atomic E-state index is 10.5. The van der Waals surface area contributed by atoms with Crippen molar-refractivity contribution < 1.29 is 30.0 Å². The van der Waals surface area contributed by atoms with Gasteiger partial charge in [-0.15, -0.1) is 0 Å². The molecule has 0 aromatic heterocycles. The zero-order valence-electron chi connectivity index (χ0n) is 20.5. The third-order valence-corrected chi connectivity index (χ3v) is 5.48. The van der Waals surface area contributed by atoms with Gasteiger partial charge in [-0.05, 0) is 70.8 Å². The minimum absolute atomic E-state index is 0.0925. The Hall–Kier alpha value is -3.16. The van der Waals surface area contributed by atoms with Crippen molar-refractivity contribution in [3.8, 4) is 5.75 Å². The Morgan fingerprint density at radius 1 is 0.853 bits per heavy atom. The lowest BCUT2D eigenvalue weighted by atomic mass is 9.86. The van der Waals surface area contributed by atoms with Crippen LogP contribution in [-0.4, -0.2) is 55.9 Å². The molecule has 0 radical (unpaired) electrons. The molecule has 0 amide bonds. The van der Waals surface area contributed by atoms with Crippen molar-refractivity contribution in [1.82, 2.24) is 4.90 Å². The SMILES string of the molecule is CC(O)c1ccc(O)c([C@H](CCN(C(C)C)C(C)C)c2ccccc2)c1.O=C(O)/C=C/C(=O)O. The van der Waals surface area contributed by atoms with Crippen molar-refractivity contribution in [2.75, 3.05) is 6.54 Å². The van der Waals surface area contributed by atoms with Crippen molar-refractivity contribution in [1.29, 1.82) is 0 Å². The summed E-state index contributed by atoms with van der Waals surface area (Å²) in [6, 6.07) is 16.7. The van der Waals surface area contributed by atoms with Gasteiger partial charge in [0, 0.05) is 35.7 Å². The predicted molar refractivity (Wildman–Crippen MR) is 133 cm³/mol. The molecular weight excluding hydrogens is 434 g/mol. The van der Waals surface area contributed by atoms with Gasteiger partial charge in [-0.25, -0.2) is 9.59 Å². The lowest BCUT2D eigenvalue weighted by molar-refractivity contribution is -0.134. The van der Waals surface area contributed by atoms with Crippen LogP contribution in [0, 0.1) is 0 Å². The topological polar surface area (TPSA) is 118 Å². The van der Waals surface area contributed by atoms with E-state index in [1.165, 1.54) is 5.56 Å². The number of hydrogen-bond acceptors (Lipinski definition) is 5. The van der Waals surface area contributed by atoms with Gasteiger partial charge in [-0.1, -0.05) is 36.4 Å². The van der Waals surface area contributed by atoms with Gasteiger partial charge < -0.3 is 20.4 Å². The molecule has 2 aromatic rings. The Morgan fingerprint density at radius 2 is 1.38 bits per heavy atom. The maximum Gasteiger partial charge on any atom is 0.328 e. The summed E-state index contributed by atoms with van der Waals surface area (Å²) < 4.78 is 0. The summed E-state index contributed by atoms with van der Waals surface area (Å²) >= 11 is 0. The molecule has 0 aliphatic carbocycles. The second-order valence-electron chi connectivity index (χ2n) is 8.68. The molecule has 34 heavy (non-hydrogen) atoms. The first-order valence-electron chi connectivity index (χ1n) is 11.4. The summed E-state index contributed by atoms with van der Waals surface area (Å²) in [4.78, 5) is 21.6. The standard InChI is InChI=1S/C23H33NO2.C4H4O4/c1-16(2)24(17(3)4)14-13-21(19-9-7-6-8-10-19)22-15-20(18(5)25)11-12-23(22)26;5-3(6)1-2-4(7)8/h6-12,15-18,21,25-26H,13-14H2,1-5H3;1-2H,(H,5,6)(H,7,8)/b;2-1+/t18?,21-;/m1./s1. The maximum absolute atomic E-state index is 10.5. The van der Waals surface area contributed by atoms with Crippen LogP contribution in [0.2, 0.25) is 0 Å². The van der Waals surface area contributed by atoms with Crippen LogP contribution < -0.4 is 0 Å². The number of carbonyl (C=O) groups is 2. The van der Waals surface area contributed by atoms with Crippen LogP contribution in [0.1, 0.15) is 69.8 Å². The first-order valence-corrected chi connectivity index (χ1v) is 11.4. The van der Waals surface area contributed by atoms with Gasteiger partial charge in [0.15, 0.2) is 0 Å². The second-order valence-corrected chi connectivity index (χ2v) is 8.68. The number of aliphatic carboxylic acids is 2. The molecule has 0 aliphatic rings. The highest BCUT2D eigenvalue weighted by molar-refractivity contribution is 5.89. The lowest BCUT2D eigenvalue weighted by Crippen LogP contribution is -2.38. The second kappa shape index (κ2) is 14.2. The Morgan fingerprint density at radius 3 is 1.82 bits per heavy atom. The fraction of sp³-hybridized carbons (Fsp3) is 0.407. The van der Waals surface area contributed by atoms with Crippen LogP contribution in [0.5, 0.6) is 5.75 Å². The van der Waals surface area contributed by atoms with E-state index in [2.05, 4.69) is 44.7 Å². The molecule has 7 nitrogen and oxygen atoms in total. The molecule has 2 aromatic carbocycles. The molecule has 0 saturated carbocycles. The van der Waals surface area contributed by atoms with Crippen LogP contribution in [0.25, 0.3) is 0 Å². The van der Waals surface area contributed by atoms with Crippen LogP contribution in [0.4, 0.5) is 0 Å². The minimum atomic E-state index is -1.26. The van der Waals surface area contributed by atoms with Gasteiger partial charge in [0.05, 0.1) is 6.10 Å². The van der Waals surface area contributed by atoms with Crippen molar-refractivity contribution in [3.63, 3.8) is 0 Å². The van der Waals surface area contributed by atoms with Crippen LogP contribution in [-0.2, 0) is 9.59 Å². The summed E-state index contributed by atoms with van der Waals surface area (Å²) in [7, 11) is 0. The minimum Gasteiger partial charge on any atom is -0.508 e. The van der Waals surface area contributed by atoms with Gasteiger partial charge in [-0.2, -0.15) is 0 Å². The third kappa shape index (κ3) is 9.77. The zero-order valence-corrected chi connectivity index (χ0v) is 20.5. The quantitative estimate of drug-likeness (QED) is 0.368. The van der Waals surface area contributed by atoms with Crippen LogP contribution >= 0.6 is 0 Å². The molecule has 2 rings (SSSR count). The lowest BCUT2D eigenvalue weighted by Gasteiger charge is -2.32. The first-order chi connectivity index (χ1) is 15.9. The number of phenolic OH excluding ortho intramolecular Hbond substituents is 1. The number of rotatable bonds is 10. The molecule has 7 heteroatoms. The largest absolute Gasteiger partial charge is 0.508 e. The molecule has 0 spiro atoms. The van der Waals surface area contributed by atoms with E-state index in [0.29, 0.717) is 30.0 Å². The fourth-order valence-corrected chi connectivity index (χ4v) is 3.83. The van der Waals surface area contributed by atoms with Crippen LogP contribution in [0.15, 0.2) is 60.7 Å². The normalized spacial score (nSPS) is 13.1. The summed E-state index contributed by atoms with van der Waals surface area (Å²) in [5, 5.41) is 36.1. The highest BCUT2D eigenvalue weighted by Crippen LogP contribution is 2.36. The van der Waals surface area contributed by atoms with Gasteiger partial charge in [0.25, 0.3) is 0 Å². The number of nitrogens with zero attached hydrogens (tertiary/aromatic N) is 1. The number of benzene rings is 2. The molecule has 1 unspecified atom stereocenters. The smallest absolute Gasteiger partial charge is 0.328 e. The molecule has 0 fully saturated rings. The number of phenols is 1. The molecule has 2 atom stereocenters. The Bertz CT molecular complexity index is 913. The zero-order chi connectivity index (χ0) is 25.8. The first kappa shape index (κ1) is 28.9. The van der Waals surface area contributed by atoms with E-state index in [-0.39, 0.29) is 5.92 Å². The monoisotopic (exact) mass is 471 g/mol. The average Bonchev–Trinajstić information content (AvgIpc) is 2.76. The van der Waals surface area contributed by atoms with Gasteiger partial charge in [0.1, 0.15) is 5.75 Å². The third-order valence-electron chi connectivity index (χ3n) is 5.48. The van der Waals surface area contributed by atoms with E-state index in [9.17, 15) is 19.8 Å². The fourth-order valence-electron chi connectivity index (χ4n) is 3.83. The van der Waals surface area contributed by atoms with Gasteiger partial charge in [-0.3, -0.25) is 4.90 Å². The molecule has 0 bridgehead atoms. The van der Waals surface area contributed by atoms with E-state index in [4.69, 9.17) is 10.2 Å². The summed E-state index contributed by atoms with van der Waals surface area (Å²) in [5.74, 6) is -2.13. The number of hydrogen-bond donors (Lipinski definition) is 4. The summed E-state index contributed by atoms with van der Waals surface area (Å²) in [6.07, 6.45) is 1.48. The average molecular weight is 472 g/mol. The van der Waals surface area contributed by atoms with E-state index in [1.807, 2.05) is 24.3 Å². The molecule has 0 heterocycles. The van der Waals surface area contributed by atoms with Gasteiger partial charge >= 0.3 is 11.9 Å². The highest BCUT2D eigenvalue weighted by Gasteiger charge is 2.22. The van der Waals surface area contributed by atoms with Gasteiger partial charge in [0.2, 0.25) is 0 Å². The number of aliphatic hydroxyl groups is 1. The molecule has 186 valence electrons. The Labute approximate surface area is 202 Å². The number of carboxylic acids is 2. The van der Waals surface area contributed by atoms with Crippen LogP contribution in [0.3, 0.4) is 0 Å². The molecule has 0 saturated heterocycles. The van der Waals surface area contributed by atoms with Crippen molar-refractivity contribution >= 4 is 11.9 Å². The molecular formula is C27H37NO6. The number of aromatic hydroxyl groups is 1. The predicted octanol–water partition coefficient (Wildman–Crippen LogP) is 4.80. The number of carboxylic acid groups (broad SMARTS) is 2. The molecule has 0 aliphatic heterocycles. The highest BCUT2D eigenvalue weighted by atomic mass is 16.4. The number of aliphatic hydroxyl groups excluding tert-OH is 1. The van der Waals surface area contributed by atoms with E-state index < -0.39 is 18.0 Å². The Kier molecular flexibility index (Phi) is 12.0. The van der Waals surface area contributed by atoms with E-state index in [0.717, 1.165) is 24.1 Å². The summed E-state index contributed by atoms with van der Waals surface area (Å²) in [6.45, 7) is 11.6. The van der Waals surface area contributed by atoms with E-state index >= 15 is 0 Å². The molecule has 4 N–H and O–H groups in total. The van der Waals surface area contributed by atoms with Crippen molar-refractivity contribution in [2.45, 2.75) is 65.1 Å². The van der Waals surface area contributed by atoms with Crippen molar-refractivity contribution in [3.05, 3.63) is 77.4 Å². The summed E-state index contributed by atoms with van der Waals surface area (Å²) in [5.41, 5.74) is 2.92. The van der Waals surface area contributed by atoms with Crippen molar-refractivity contribution in [2.24, 2.45) is 0 Å². The van der Waals surface area contributed by atoms with E-state index in [1.54, 1.807) is 19.1 Å². The Balaban J connectivity index is 0.000000620.